The molecule has 0 aliphatic rings. The molecular formula is C12H21N3OS. The molecule has 1 amide bonds. The summed E-state index contributed by atoms with van der Waals surface area (Å²) in [6.07, 6.45) is 1.19. The van der Waals surface area contributed by atoms with Crippen LogP contribution >= 0.6 is 11.3 Å². The van der Waals surface area contributed by atoms with Crippen molar-refractivity contribution in [1.82, 2.24) is 10.3 Å². The number of carbonyl (C=O) groups excluding carboxylic acids is 1. The number of hydrazine groups is 1. The smallest absolute Gasteiger partial charge is 0.275 e. The van der Waals surface area contributed by atoms with Crippen molar-refractivity contribution in [3.63, 3.8) is 0 Å². The van der Waals surface area contributed by atoms with E-state index in [0.29, 0.717) is 10.8 Å². The molecule has 1 heterocycles. The predicted octanol–water partition coefficient (Wildman–Crippen LogP) is 1.83. The van der Waals surface area contributed by atoms with Gasteiger partial charge in [0.15, 0.2) is 0 Å². The number of thiophene rings is 1. The molecule has 1 rings (SSSR count). The van der Waals surface area contributed by atoms with Gasteiger partial charge in [0.1, 0.15) is 0 Å². The second kappa shape index (κ2) is 6.74. The Morgan fingerprint density at radius 2 is 2.29 bits per heavy atom. The van der Waals surface area contributed by atoms with Crippen LogP contribution in [0.3, 0.4) is 0 Å². The van der Waals surface area contributed by atoms with Gasteiger partial charge in [-0.2, -0.15) is 0 Å². The normalized spacial score (nSPS) is 12.8. The van der Waals surface area contributed by atoms with Crippen molar-refractivity contribution in [1.29, 1.82) is 0 Å². The lowest BCUT2D eigenvalue weighted by Crippen LogP contribution is -2.29. The molecule has 0 spiro atoms. The molecule has 1 unspecified atom stereocenters. The number of amides is 1. The Morgan fingerprint density at radius 3 is 2.88 bits per heavy atom. The lowest BCUT2D eigenvalue weighted by atomic mass is 10.1. The van der Waals surface area contributed by atoms with Gasteiger partial charge in [0, 0.05) is 18.0 Å². The average Bonchev–Trinajstić information content (AvgIpc) is 2.76. The minimum absolute atomic E-state index is 0.217. The highest BCUT2D eigenvalue weighted by Crippen LogP contribution is 2.18. The molecule has 0 saturated carbocycles. The zero-order chi connectivity index (χ0) is 12.8. The maximum absolute atomic E-state index is 11.3. The van der Waals surface area contributed by atoms with Crippen LogP contribution in [0.15, 0.2) is 12.1 Å². The fourth-order valence-electron chi connectivity index (χ4n) is 1.65. The monoisotopic (exact) mass is 255 g/mol. The molecule has 0 aliphatic heterocycles. The van der Waals surface area contributed by atoms with Crippen LogP contribution in [0.1, 0.15) is 34.8 Å². The summed E-state index contributed by atoms with van der Waals surface area (Å²) < 4.78 is 0. The standard InChI is InChI=1S/C12H21N3OS/c1-4-9(2)7-15(3)8-10-5-6-11(17-10)12(16)14-13/h5-6,9H,4,7-8,13H2,1-3H3,(H,14,16). The van der Waals surface area contributed by atoms with Crippen molar-refractivity contribution in [3.05, 3.63) is 21.9 Å². The Labute approximate surface area is 107 Å². The molecular weight excluding hydrogens is 234 g/mol. The summed E-state index contributed by atoms with van der Waals surface area (Å²) in [5.74, 6) is 5.58. The summed E-state index contributed by atoms with van der Waals surface area (Å²) in [6, 6.07) is 3.81. The van der Waals surface area contributed by atoms with E-state index in [4.69, 9.17) is 5.84 Å². The predicted molar refractivity (Wildman–Crippen MR) is 71.8 cm³/mol. The third-order valence-corrected chi connectivity index (χ3v) is 3.83. The van der Waals surface area contributed by atoms with Gasteiger partial charge in [-0.1, -0.05) is 20.3 Å². The van der Waals surface area contributed by atoms with Crippen molar-refractivity contribution >= 4 is 17.2 Å². The molecule has 96 valence electrons. The minimum atomic E-state index is -0.217. The van der Waals surface area contributed by atoms with Gasteiger partial charge in [-0.05, 0) is 25.1 Å². The quantitative estimate of drug-likeness (QED) is 0.463. The van der Waals surface area contributed by atoms with Crippen LogP contribution in [-0.2, 0) is 6.54 Å². The van der Waals surface area contributed by atoms with Gasteiger partial charge in [0.05, 0.1) is 4.88 Å². The van der Waals surface area contributed by atoms with Crippen LogP contribution in [-0.4, -0.2) is 24.4 Å². The molecule has 17 heavy (non-hydrogen) atoms. The van der Waals surface area contributed by atoms with E-state index in [2.05, 4.69) is 31.2 Å². The fourth-order valence-corrected chi connectivity index (χ4v) is 2.64. The zero-order valence-electron chi connectivity index (χ0n) is 10.7. The van der Waals surface area contributed by atoms with E-state index in [1.807, 2.05) is 12.1 Å². The summed E-state index contributed by atoms with van der Waals surface area (Å²) in [7, 11) is 2.11. The van der Waals surface area contributed by atoms with E-state index < -0.39 is 0 Å². The van der Waals surface area contributed by atoms with Gasteiger partial charge in [-0.15, -0.1) is 11.3 Å². The van der Waals surface area contributed by atoms with Gasteiger partial charge in [-0.3, -0.25) is 10.2 Å². The first kappa shape index (κ1) is 14.2. The highest BCUT2D eigenvalue weighted by atomic mass is 32.1. The second-order valence-electron chi connectivity index (χ2n) is 4.45. The second-order valence-corrected chi connectivity index (χ2v) is 5.62. The van der Waals surface area contributed by atoms with Crippen LogP contribution in [0.4, 0.5) is 0 Å². The van der Waals surface area contributed by atoms with Gasteiger partial charge in [0.2, 0.25) is 0 Å². The first-order valence-corrected chi connectivity index (χ1v) is 6.66. The highest BCUT2D eigenvalue weighted by molar-refractivity contribution is 7.14. The summed E-state index contributed by atoms with van der Waals surface area (Å²) in [4.78, 5) is 15.4. The number of nitrogens with zero attached hydrogens (tertiary/aromatic N) is 1. The van der Waals surface area contributed by atoms with Crippen LogP contribution in [0.5, 0.6) is 0 Å². The Bertz CT molecular complexity index is 364. The Morgan fingerprint density at radius 1 is 1.59 bits per heavy atom. The van der Waals surface area contributed by atoms with E-state index in [-0.39, 0.29) is 5.91 Å². The molecule has 1 aromatic heterocycles. The third-order valence-electron chi connectivity index (χ3n) is 2.76. The Kier molecular flexibility index (Phi) is 5.61. The third kappa shape index (κ3) is 4.46. The molecule has 1 atom stereocenters. The van der Waals surface area contributed by atoms with Crippen molar-refractivity contribution in [2.24, 2.45) is 11.8 Å². The fraction of sp³-hybridized carbons (Fsp3) is 0.583. The lowest BCUT2D eigenvalue weighted by molar-refractivity contribution is 0.0957. The summed E-state index contributed by atoms with van der Waals surface area (Å²) >= 11 is 1.49. The first-order valence-electron chi connectivity index (χ1n) is 5.85. The van der Waals surface area contributed by atoms with Crippen LogP contribution in [0.2, 0.25) is 0 Å². The van der Waals surface area contributed by atoms with Crippen LogP contribution in [0.25, 0.3) is 0 Å². The lowest BCUT2D eigenvalue weighted by Gasteiger charge is -2.19. The van der Waals surface area contributed by atoms with Gasteiger partial charge >= 0.3 is 0 Å². The van der Waals surface area contributed by atoms with Gasteiger partial charge in [0.25, 0.3) is 5.91 Å². The molecule has 4 nitrogen and oxygen atoms in total. The number of hydrogen-bond acceptors (Lipinski definition) is 4. The van der Waals surface area contributed by atoms with E-state index in [0.717, 1.165) is 13.1 Å². The first-order chi connectivity index (χ1) is 8.06. The number of carbonyl (C=O) groups is 1. The topological polar surface area (TPSA) is 58.4 Å². The Balaban J connectivity index is 2.51. The molecule has 3 N–H and O–H groups in total. The summed E-state index contributed by atoms with van der Waals surface area (Å²) in [5.41, 5.74) is 2.15. The van der Waals surface area contributed by atoms with Crippen molar-refractivity contribution < 1.29 is 4.79 Å². The molecule has 0 saturated heterocycles. The molecule has 0 fully saturated rings. The van der Waals surface area contributed by atoms with Gasteiger partial charge < -0.3 is 4.90 Å². The molecule has 0 aliphatic carbocycles. The van der Waals surface area contributed by atoms with Crippen molar-refractivity contribution in [3.8, 4) is 0 Å². The van der Waals surface area contributed by atoms with Crippen molar-refractivity contribution in [2.45, 2.75) is 26.8 Å². The SMILES string of the molecule is CCC(C)CN(C)Cc1ccc(C(=O)NN)s1. The summed E-state index contributed by atoms with van der Waals surface area (Å²) in [6.45, 7) is 6.41. The number of hydrogen-bond donors (Lipinski definition) is 2. The zero-order valence-corrected chi connectivity index (χ0v) is 11.5. The van der Waals surface area contributed by atoms with Crippen molar-refractivity contribution in [2.75, 3.05) is 13.6 Å². The average molecular weight is 255 g/mol. The maximum atomic E-state index is 11.3. The molecule has 5 heteroatoms. The maximum Gasteiger partial charge on any atom is 0.275 e. The highest BCUT2D eigenvalue weighted by Gasteiger charge is 2.10. The van der Waals surface area contributed by atoms with E-state index in [9.17, 15) is 4.79 Å². The molecule has 0 aromatic carbocycles. The van der Waals surface area contributed by atoms with E-state index >= 15 is 0 Å². The van der Waals surface area contributed by atoms with Crippen LogP contribution < -0.4 is 11.3 Å². The molecule has 0 bridgehead atoms. The number of nitrogens with two attached hydrogens (primary N) is 1. The van der Waals surface area contributed by atoms with E-state index in [1.54, 1.807) is 0 Å². The Hall–Kier alpha value is -0.910. The van der Waals surface area contributed by atoms with Crippen LogP contribution in [0, 0.1) is 5.92 Å². The number of rotatable bonds is 6. The largest absolute Gasteiger partial charge is 0.301 e. The number of nitrogens with one attached hydrogen (secondary N) is 1. The molecule has 0 radical (unpaired) electrons. The minimum Gasteiger partial charge on any atom is -0.301 e. The summed E-state index contributed by atoms with van der Waals surface area (Å²) in [5, 5.41) is 0. The van der Waals surface area contributed by atoms with E-state index in [1.165, 1.54) is 22.6 Å². The number of nitrogen functional groups attached to an aromatic ring is 1. The molecule has 1 aromatic rings. The van der Waals surface area contributed by atoms with Gasteiger partial charge in [-0.25, -0.2) is 5.84 Å².